The van der Waals surface area contributed by atoms with Crippen LogP contribution in [0.25, 0.3) is 0 Å². The van der Waals surface area contributed by atoms with Crippen molar-refractivity contribution in [2.24, 2.45) is 0 Å². The third-order valence-corrected chi connectivity index (χ3v) is 3.38. The van der Waals surface area contributed by atoms with Crippen LogP contribution < -0.4 is 10.2 Å². The van der Waals surface area contributed by atoms with Gasteiger partial charge in [-0.25, -0.2) is 4.98 Å². The largest absolute Gasteiger partial charge is 0.344 e. The van der Waals surface area contributed by atoms with Gasteiger partial charge in [0.05, 0.1) is 6.04 Å². The van der Waals surface area contributed by atoms with Gasteiger partial charge in [0.25, 0.3) is 0 Å². The van der Waals surface area contributed by atoms with Crippen molar-refractivity contribution in [2.75, 3.05) is 25.0 Å². The minimum absolute atomic E-state index is 0.609. The Balaban J connectivity index is 2.00. The fourth-order valence-electron chi connectivity index (χ4n) is 1.42. The van der Waals surface area contributed by atoms with Gasteiger partial charge in [-0.05, 0) is 6.42 Å². The summed E-state index contributed by atoms with van der Waals surface area (Å²) in [5.74, 6) is 0.992. The maximum Gasteiger partial charge on any atom is 0.205 e. The van der Waals surface area contributed by atoms with Gasteiger partial charge in [-0.3, -0.25) is 0 Å². The summed E-state index contributed by atoms with van der Waals surface area (Å²) in [6, 6.07) is 0.609. The summed E-state index contributed by atoms with van der Waals surface area (Å²) >= 11 is 1.51. The van der Waals surface area contributed by atoms with Crippen LogP contribution in [0.1, 0.15) is 19.2 Å². The van der Waals surface area contributed by atoms with Crippen LogP contribution in [0, 0.1) is 0 Å². The molecule has 2 heterocycles. The Morgan fingerprint density at radius 2 is 2.36 bits per heavy atom. The van der Waals surface area contributed by atoms with Gasteiger partial charge in [0.15, 0.2) is 0 Å². The van der Waals surface area contributed by atoms with Gasteiger partial charge in [-0.2, -0.15) is 4.37 Å². The van der Waals surface area contributed by atoms with E-state index >= 15 is 0 Å². The van der Waals surface area contributed by atoms with E-state index in [9.17, 15) is 0 Å². The molecule has 0 spiro atoms. The second-order valence-electron chi connectivity index (χ2n) is 3.67. The van der Waals surface area contributed by atoms with Crippen molar-refractivity contribution in [1.29, 1.82) is 0 Å². The summed E-state index contributed by atoms with van der Waals surface area (Å²) in [6.45, 7) is 4.29. The van der Waals surface area contributed by atoms with E-state index in [1.165, 1.54) is 11.5 Å². The molecule has 1 fully saturated rings. The number of nitrogens with zero attached hydrogens (tertiary/aromatic N) is 3. The molecule has 0 radical (unpaired) electrons. The third-order valence-electron chi connectivity index (χ3n) is 2.54. The number of hydrogen-bond donors (Lipinski definition) is 1. The van der Waals surface area contributed by atoms with Crippen LogP contribution in [0.5, 0.6) is 0 Å². The predicted octanol–water partition coefficient (Wildman–Crippen LogP) is 0.899. The van der Waals surface area contributed by atoms with E-state index < -0.39 is 0 Å². The second-order valence-corrected chi connectivity index (χ2v) is 4.40. The molecule has 0 aliphatic carbocycles. The summed E-state index contributed by atoms with van der Waals surface area (Å²) in [7, 11) is 2.10. The molecule has 0 saturated carbocycles. The van der Waals surface area contributed by atoms with Gasteiger partial charge in [0.1, 0.15) is 5.82 Å². The van der Waals surface area contributed by atoms with E-state index in [1.807, 2.05) is 0 Å². The maximum absolute atomic E-state index is 4.51. The quantitative estimate of drug-likeness (QED) is 0.805. The van der Waals surface area contributed by atoms with Crippen LogP contribution in [0.4, 0.5) is 5.13 Å². The zero-order chi connectivity index (χ0) is 9.97. The minimum atomic E-state index is 0.609. The first-order valence-corrected chi connectivity index (χ1v) is 5.84. The van der Waals surface area contributed by atoms with Crippen molar-refractivity contribution >= 4 is 16.7 Å². The lowest BCUT2D eigenvalue weighted by atomic mass is 10.2. The zero-order valence-electron chi connectivity index (χ0n) is 8.66. The molecule has 0 atom stereocenters. The summed E-state index contributed by atoms with van der Waals surface area (Å²) in [5, 5.41) is 4.31. The van der Waals surface area contributed by atoms with Gasteiger partial charge < -0.3 is 10.2 Å². The fourth-order valence-corrected chi connectivity index (χ4v) is 2.16. The van der Waals surface area contributed by atoms with Gasteiger partial charge >= 0.3 is 0 Å². The van der Waals surface area contributed by atoms with E-state index in [1.54, 1.807) is 0 Å². The number of aromatic nitrogens is 2. The topological polar surface area (TPSA) is 41.1 Å². The van der Waals surface area contributed by atoms with Crippen LogP contribution in [0.3, 0.4) is 0 Å². The molecule has 1 aromatic heterocycles. The minimum Gasteiger partial charge on any atom is -0.344 e. The normalized spacial score (nSPS) is 16.7. The lowest BCUT2D eigenvalue weighted by Gasteiger charge is -2.35. The summed E-state index contributed by atoms with van der Waals surface area (Å²) in [4.78, 5) is 6.74. The van der Waals surface area contributed by atoms with Crippen LogP contribution >= 0.6 is 11.5 Å². The van der Waals surface area contributed by atoms with Gasteiger partial charge in [-0.15, -0.1) is 0 Å². The predicted molar refractivity (Wildman–Crippen MR) is 59.0 cm³/mol. The first kappa shape index (κ1) is 9.86. The Morgan fingerprint density at radius 1 is 1.57 bits per heavy atom. The molecule has 2 rings (SSSR count). The molecule has 5 heteroatoms. The highest BCUT2D eigenvalue weighted by Crippen LogP contribution is 2.19. The van der Waals surface area contributed by atoms with Crippen LogP contribution in [-0.2, 0) is 6.42 Å². The molecule has 1 N–H and O–H groups in total. The van der Waals surface area contributed by atoms with Crippen molar-refractivity contribution in [1.82, 2.24) is 14.7 Å². The highest BCUT2D eigenvalue weighted by atomic mass is 32.1. The Hall–Kier alpha value is -0.680. The van der Waals surface area contributed by atoms with E-state index in [0.717, 1.165) is 36.9 Å². The van der Waals surface area contributed by atoms with Gasteiger partial charge in [0.2, 0.25) is 5.13 Å². The molecule has 0 aromatic carbocycles. The van der Waals surface area contributed by atoms with Crippen molar-refractivity contribution in [3.05, 3.63) is 5.82 Å². The molecule has 14 heavy (non-hydrogen) atoms. The number of anilines is 1. The van der Waals surface area contributed by atoms with E-state index in [4.69, 9.17) is 0 Å². The second kappa shape index (κ2) is 4.23. The standard InChI is InChI=1S/C9H16N4S/c1-3-4-8-11-9(14-12-8)13(2)7-5-10-6-7/h7,10H,3-6H2,1-2H3. The van der Waals surface area contributed by atoms with Crippen LogP contribution in [0.2, 0.25) is 0 Å². The molecule has 1 aliphatic heterocycles. The Kier molecular flexibility index (Phi) is 2.98. The van der Waals surface area contributed by atoms with E-state index in [2.05, 4.69) is 33.5 Å². The van der Waals surface area contributed by atoms with E-state index in [-0.39, 0.29) is 0 Å². The first-order chi connectivity index (χ1) is 6.81. The molecule has 0 unspecified atom stereocenters. The number of rotatable bonds is 4. The molecule has 0 bridgehead atoms. The fraction of sp³-hybridized carbons (Fsp3) is 0.778. The van der Waals surface area contributed by atoms with Crippen LogP contribution in [0.15, 0.2) is 0 Å². The number of likely N-dealkylation sites (N-methyl/N-ethyl adjacent to an activating group) is 1. The molecule has 1 saturated heterocycles. The van der Waals surface area contributed by atoms with E-state index in [0.29, 0.717) is 6.04 Å². The lowest BCUT2D eigenvalue weighted by molar-refractivity contribution is 0.428. The average molecular weight is 212 g/mol. The molecule has 78 valence electrons. The van der Waals surface area contributed by atoms with Crippen molar-refractivity contribution in [3.63, 3.8) is 0 Å². The SMILES string of the molecule is CCCc1nsc(N(C)C2CNC2)n1. The molecule has 0 amide bonds. The summed E-state index contributed by atoms with van der Waals surface area (Å²) in [6.07, 6.45) is 2.11. The number of nitrogens with one attached hydrogen (secondary N) is 1. The Labute approximate surface area is 88.5 Å². The molecule has 1 aromatic rings. The maximum atomic E-state index is 4.51. The summed E-state index contributed by atoms with van der Waals surface area (Å²) in [5.41, 5.74) is 0. The first-order valence-electron chi connectivity index (χ1n) is 5.07. The lowest BCUT2D eigenvalue weighted by Crippen LogP contribution is -2.56. The number of aryl methyl sites for hydroxylation is 1. The molecule has 4 nitrogen and oxygen atoms in total. The van der Waals surface area contributed by atoms with Gasteiger partial charge in [0, 0.05) is 38.1 Å². The molecule has 1 aliphatic rings. The Bertz CT molecular complexity index is 295. The monoisotopic (exact) mass is 212 g/mol. The zero-order valence-corrected chi connectivity index (χ0v) is 9.47. The highest BCUT2D eigenvalue weighted by molar-refractivity contribution is 7.09. The van der Waals surface area contributed by atoms with Gasteiger partial charge in [-0.1, -0.05) is 6.92 Å². The third kappa shape index (κ3) is 1.88. The smallest absolute Gasteiger partial charge is 0.205 e. The summed E-state index contributed by atoms with van der Waals surface area (Å²) < 4.78 is 4.34. The van der Waals surface area contributed by atoms with Crippen molar-refractivity contribution in [2.45, 2.75) is 25.8 Å². The highest BCUT2D eigenvalue weighted by Gasteiger charge is 2.23. The Morgan fingerprint density at radius 3 is 2.93 bits per heavy atom. The molecular formula is C9H16N4S. The van der Waals surface area contributed by atoms with Crippen molar-refractivity contribution in [3.8, 4) is 0 Å². The van der Waals surface area contributed by atoms with Crippen molar-refractivity contribution < 1.29 is 0 Å². The molecular weight excluding hydrogens is 196 g/mol. The van der Waals surface area contributed by atoms with Crippen LogP contribution in [-0.4, -0.2) is 35.5 Å². The average Bonchev–Trinajstić information content (AvgIpc) is 2.50. The number of hydrogen-bond acceptors (Lipinski definition) is 5.